The quantitative estimate of drug-likeness (QED) is 0.673. The van der Waals surface area contributed by atoms with Gasteiger partial charge in [-0.25, -0.2) is 0 Å². The maximum atomic E-state index is 11.6. The fourth-order valence-electron chi connectivity index (χ4n) is 2.93. The second-order valence-electron chi connectivity index (χ2n) is 6.33. The molecule has 0 aliphatic heterocycles. The van der Waals surface area contributed by atoms with Gasteiger partial charge in [-0.15, -0.1) is 0 Å². The number of hydrogen-bond acceptors (Lipinski definition) is 3. The van der Waals surface area contributed by atoms with Gasteiger partial charge in [0.05, 0.1) is 0 Å². The van der Waals surface area contributed by atoms with Crippen molar-refractivity contribution >= 4 is 5.97 Å². The minimum Gasteiger partial charge on any atom is -0.480 e. The number of nitrogens with one attached hydrogen (secondary N) is 1. The van der Waals surface area contributed by atoms with E-state index >= 15 is 0 Å². The fourth-order valence-corrected chi connectivity index (χ4v) is 2.93. The normalized spacial score (nSPS) is 23.1. The molecule has 1 atom stereocenters. The van der Waals surface area contributed by atoms with E-state index in [4.69, 9.17) is 0 Å². The van der Waals surface area contributed by atoms with E-state index in [1.165, 1.54) is 19.3 Å². The minimum absolute atomic E-state index is 0.445. The van der Waals surface area contributed by atoms with E-state index in [0.717, 1.165) is 38.3 Å². The van der Waals surface area contributed by atoms with Crippen molar-refractivity contribution < 1.29 is 9.90 Å². The summed E-state index contributed by atoms with van der Waals surface area (Å²) in [6, 6.07) is 1.19. The Kier molecular flexibility index (Phi) is 4.85. The molecule has 0 heterocycles. The average molecular weight is 268 g/mol. The van der Waals surface area contributed by atoms with E-state index < -0.39 is 11.5 Å². The molecular formula is C15H28N2O2. The van der Waals surface area contributed by atoms with Crippen molar-refractivity contribution in [2.45, 2.75) is 75.9 Å². The molecule has 2 aliphatic rings. The molecule has 0 aromatic heterocycles. The molecule has 2 rings (SSSR count). The van der Waals surface area contributed by atoms with Crippen LogP contribution in [0.4, 0.5) is 0 Å². The van der Waals surface area contributed by atoms with Crippen LogP contribution in [0.1, 0.15) is 58.3 Å². The van der Waals surface area contributed by atoms with Crippen LogP contribution in [0.5, 0.6) is 0 Å². The molecule has 0 spiro atoms. The molecule has 0 saturated heterocycles. The molecule has 1 unspecified atom stereocenters. The van der Waals surface area contributed by atoms with Crippen molar-refractivity contribution in [1.82, 2.24) is 10.2 Å². The molecule has 0 aromatic carbocycles. The summed E-state index contributed by atoms with van der Waals surface area (Å²) < 4.78 is 0. The molecule has 0 aromatic rings. The number of carbonyl (C=O) groups is 1. The average Bonchev–Trinajstić information content (AvgIpc) is 3.08. The molecule has 0 radical (unpaired) electrons. The summed E-state index contributed by atoms with van der Waals surface area (Å²) in [5.74, 6) is -0.673. The lowest BCUT2D eigenvalue weighted by Gasteiger charge is -2.36. The monoisotopic (exact) mass is 268 g/mol. The Morgan fingerprint density at radius 1 is 1.37 bits per heavy atom. The molecule has 2 aliphatic carbocycles. The Balaban J connectivity index is 1.79. The van der Waals surface area contributed by atoms with E-state index in [1.54, 1.807) is 0 Å². The molecule has 19 heavy (non-hydrogen) atoms. The molecule has 4 heteroatoms. The lowest BCUT2D eigenvalue weighted by molar-refractivity contribution is -0.145. The predicted octanol–water partition coefficient (Wildman–Crippen LogP) is 2.24. The van der Waals surface area contributed by atoms with Gasteiger partial charge in [0.2, 0.25) is 0 Å². The van der Waals surface area contributed by atoms with Gasteiger partial charge in [-0.05, 0) is 58.5 Å². The largest absolute Gasteiger partial charge is 0.480 e. The number of carboxylic acid groups (broad SMARTS) is 1. The zero-order valence-corrected chi connectivity index (χ0v) is 12.3. The Labute approximate surface area is 116 Å². The first-order chi connectivity index (χ1) is 9.07. The number of hydrogen-bond donors (Lipinski definition) is 2. The van der Waals surface area contributed by atoms with Crippen LogP contribution >= 0.6 is 0 Å². The summed E-state index contributed by atoms with van der Waals surface area (Å²) in [6.45, 7) is 3.01. The van der Waals surface area contributed by atoms with Crippen molar-refractivity contribution in [1.29, 1.82) is 0 Å². The van der Waals surface area contributed by atoms with Crippen molar-refractivity contribution in [3.8, 4) is 0 Å². The van der Waals surface area contributed by atoms with Crippen LogP contribution < -0.4 is 5.32 Å². The van der Waals surface area contributed by atoms with Gasteiger partial charge in [0.25, 0.3) is 0 Å². The van der Waals surface area contributed by atoms with Gasteiger partial charge in [0.15, 0.2) is 0 Å². The third-order valence-corrected chi connectivity index (χ3v) is 4.88. The van der Waals surface area contributed by atoms with Crippen LogP contribution in [0.3, 0.4) is 0 Å². The highest BCUT2D eigenvalue weighted by Crippen LogP contribution is 2.28. The number of nitrogens with zero attached hydrogens (tertiary/aromatic N) is 1. The van der Waals surface area contributed by atoms with E-state index in [9.17, 15) is 9.90 Å². The molecular weight excluding hydrogens is 240 g/mol. The molecule has 2 fully saturated rings. The van der Waals surface area contributed by atoms with Crippen LogP contribution in [0, 0.1) is 0 Å². The van der Waals surface area contributed by atoms with Gasteiger partial charge in [-0.3, -0.25) is 10.1 Å². The second kappa shape index (κ2) is 6.23. The van der Waals surface area contributed by atoms with Crippen LogP contribution in [0.25, 0.3) is 0 Å². The molecule has 4 nitrogen and oxygen atoms in total. The third-order valence-electron chi connectivity index (χ3n) is 4.88. The SMILES string of the molecule is CCC(CCCN(C)C1CCC1)(NC1CC1)C(=O)O. The fraction of sp³-hybridized carbons (Fsp3) is 0.933. The van der Waals surface area contributed by atoms with Gasteiger partial charge < -0.3 is 10.0 Å². The van der Waals surface area contributed by atoms with Gasteiger partial charge in [0.1, 0.15) is 5.54 Å². The van der Waals surface area contributed by atoms with Gasteiger partial charge in [-0.2, -0.15) is 0 Å². The second-order valence-corrected chi connectivity index (χ2v) is 6.33. The van der Waals surface area contributed by atoms with Crippen molar-refractivity contribution in [2.75, 3.05) is 13.6 Å². The number of aliphatic carboxylic acids is 1. The van der Waals surface area contributed by atoms with Gasteiger partial charge in [-0.1, -0.05) is 13.3 Å². The van der Waals surface area contributed by atoms with E-state index in [0.29, 0.717) is 12.5 Å². The maximum Gasteiger partial charge on any atom is 0.323 e. The standard InChI is InChI=1S/C15H28N2O2/c1-3-15(14(18)19,16-12-8-9-12)10-5-11-17(2)13-6-4-7-13/h12-13,16H,3-11H2,1-2H3,(H,18,19). The van der Waals surface area contributed by atoms with Gasteiger partial charge in [0, 0.05) is 12.1 Å². The summed E-state index contributed by atoms with van der Waals surface area (Å²) in [7, 11) is 2.17. The first kappa shape index (κ1) is 14.8. The topological polar surface area (TPSA) is 52.6 Å². The third kappa shape index (κ3) is 3.69. The zero-order chi connectivity index (χ0) is 13.9. The zero-order valence-electron chi connectivity index (χ0n) is 12.3. The molecule has 0 bridgehead atoms. The Morgan fingerprint density at radius 3 is 2.47 bits per heavy atom. The summed E-state index contributed by atoms with van der Waals surface area (Å²) in [4.78, 5) is 14.0. The Bertz CT molecular complexity index is 313. The Morgan fingerprint density at radius 2 is 2.05 bits per heavy atom. The van der Waals surface area contributed by atoms with E-state index in [2.05, 4.69) is 17.3 Å². The van der Waals surface area contributed by atoms with Crippen LogP contribution in [-0.4, -0.2) is 47.2 Å². The Hall–Kier alpha value is -0.610. The predicted molar refractivity (Wildman–Crippen MR) is 76.3 cm³/mol. The van der Waals surface area contributed by atoms with Crippen LogP contribution in [0.15, 0.2) is 0 Å². The summed E-state index contributed by atoms with van der Waals surface area (Å²) in [5, 5.41) is 12.9. The lowest BCUT2D eigenvalue weighted by atomic mass is 9.88. The van der Waals surface area contributed by atoms with Gasteiger partial charge >= 0.3 is 5.97 Å². The summed E-state index contributed by atoms with van der Waals surface area (Å²) in [5.41, 5.74) is -0.693. The minimum atomic E-state index is -0.693. The van der Waals surface area contributed by atoms with E-state index in [-0.39, 0.29) is 0 Å². The number of rotatable bonds is 9. The highest BCUT2D eigenvalue weighted by atomic mass is 16.4. The van der Waals surface area contributed by atoms with Crippen molar-refractivity contribution in [2.24, 2.45) is 0 Å². The molecule has 110 valence electrons. The smallest absolute Gasteiger partial charge is 0.323 e. The summed E-state index contributed by atoms with van der Waals surface area (Å²) >= 11 is 0. The van der Waals surface area contributed by atoms with Crippen LogP contribution in [-0.2, 0) is 4.79 Å². The first-order valence-electron chi connectivity index (χ1n) is 7.79. The summed E-state index contributed by atoms with van der Waals surface area (Å²) in [6.07, 6.45) is 8.63. The lowest BCUT2D eigenvalue weighted by Crippen LogP contribution is -2.53. The highest BCUT2D eigenvalue weighted by molar-refractivity contribution is 5.78. The molecule has 2 N–H and O–H groups in total. The molecule has 0 amide bonds. The van der Waals surface area contributed by atoms with Crippen molar-refractivity contribution in [3.05, 3.63) is 0 Å². The van der Waals surface area contributed by atoms with E-state index in [1.807, 2.05) is 6.92 Å². The maximum absolute atomic E-state index is 11.6. The van der Waals surface area contributed by atoms with Crippen LogP contribution in [0.2, 0.25) is 0 Å². The van der Waals surface area contributed by atoms with Crippen molar-refractivity contribution in [3.63, 3.8) is 0 Å². The highest BCUT2D eigenvalue weighted by Gasteiger charge is 2.40. The first-order valence-corrected chi connectivity index (χ1v) is 7.79. The molecule has 2 saturated carbocycles. The number of carboxylic acids is 1.